The number of aromatic nitrogens is 2. The molecule has 3 aromatic heterocycles. The van der Waals surface area contributed by atoms with Crippen molar-refractivity contribution < 1.29 is 25.9 Å². The van der Waals surface area contributed by atoms with Gasteiger partial charge in [0.2, 0.25) is 0 Å². The van der Waals surface area contributed by atoms with Crippen molar-refractivity contribution in [1.82, 2.24) is 9.97 Å². The monoisotopic (exact) mass is 754 g/mol. The van der Waals surface area contributed by atoms with Gasteiger partial charge in [-0.1, -0.05) is 74.3 Å². The van der Waals surface area contributed by atoms with Crippen LogP contribution in [-0.4, -0.2) is 18.0 Å². The molecule has 3 heterocycles. The fourth-order valence-corrected chi connectivity index (χ4v) is 7.76. The first-order chi connectivity index (χ1) is 19.4. The van der Waals surface area contributed by atoms with Gasteiger partial charge in [-0.15, -0.1) is 59.7 Å². The number of benzene rings is 3. The SMILES string of the molecule is Cc1cc(-c2[c-]cccc2)ncc1[Si](C)(C)C.[2H]C(C)(C)c1ccnc(-c2[c-]ccc3c2sc2c(F)cccc23)c1.[Ir]. The molecule has 0 aliphatic rings. The molecule has 211 valence electrons. The summed E-state index contributed by atoms with van der Waals surface area (Å²) in [6, 6.07) is 29.4. The Hall–Kier alpha value is -3.02. The van der Waals surface area contributed by atoms with Gasteiger partial charge >= 0.3 is 0 Å². The van der Waals surface area contributed by atoms with Gasteiger partial charge in [0, 0.05) is 33.9 Å². The fraction of sp³-hybridized carbons (Fsp3) is 0.200. The van der Waals surface area contributed by atoms with E-state index in [4.69, 9.17) is 1.37 Å². The molecule has 0 saturated carbocycles. The Morgan fingerprint density at radius 3 is 2.34 bits per heavy atom. The van der Waals surface area contributed by atoms with Crippen LogP contribution in [0.2, 0.25) is 19.6 Å². The van der Waals surface area contributed by atoms with Crippen molar-refractivity contribution in [1.29, 1.82) is 0 Å². The van der Waals surface area contributed by atoms with Crippen LogP contribution in [0.1, 0.15) is 32.2 Å². The number of fused-ring (bicyclic) bond motifs is 3. The molecule has 2 nitrogen and oxygen atoms in total. The average molecular weight is 754 g/mol. The Labute approximate surface area is 262 Å². The van der Waals surface area contributed by atoms with Crippen LogP contribution >= 0.6 is 11.3 Å². The van der Waals surface area contributed by atoms with Gasteiger partial charge < -0.3 is 9.97 Å². The molecule has 0 bridgehead atoms. The second kappa shape index (κ2) is 12.9. The zero-order valence-corrected chi connectivity index (χ0v) is 28.3. The van der Waals surface area contributed by atoms with Crippen LogP contribution in [0.5, 0.6) is 0 Å². The molecule has 6 rings (SSSR count). The zero-order valence-electron chi connectivity index (χ0n) is 25.1. The van der Waals surface area contributed by atoms with Gasteiger partial charge in [-0.05, 0) is 51.6 Å². The number of rotatable bonds is 4. The third-order valence-corrected chi connectivity index (χ3v) is 10.3. The van der Waals surface area contributed by atoms with E-state index in [0.717, 1.165) is 43.6 Å². The summed E-state index contributed by atoms with van der Waals surface area (Å²) < 4.78 is 24.0. The first-order valence-corrected chi connectivity index (χ1v) is 17.7. The van der Waals surface area contributed by atoms with Crippen molar-refractivity contribution in [3.05, 3.63) is 114 Å². The van der Waals surface area contributed by atoms with E-state index in [1.54, 1.807) is 12.3 Å². The van der Waals surface area contributed by atoms with Crippen molar-refractivity contribution in [2.24, 2.45) is 0 Å². The standard InChI is InChI=1S/C20H15FNS.C15H18NSi.Ir/c1-12(2)13-9-10-22-18(11-13)16-7-3-5-14-15-6-4-8-17(21)20(15)23-19(14)16;1-12-10-14(13-8-6-5-7-9-13)16-11-15(12)17(2,3)4;/h3-6,8-12H,1-2H3;5-8,10-11H,1-4H3;/q2*-1;/i12D;;. The summed E-state index contributed by atoms with van der Waals surface area (Å²) in [6.45, 7) is 12.9. The van der Waals surface area contributed by atoms with Crippen molar-refractivity contribution in [3.63, 3.8) is 0 Å². The Morgan fingerprint density at radius 1 is 0.878 bits per heavy atom. The van der Waals surface area contributed by atoms with Crippen molar-refractivity contribution >= 4 is 44.8 Å². The number of halogens is 1. The third kappa shape index (κ3) is 6.73. The maximum atomic E-state index is 14.1. The summed E-state index contributed by atoms with van der Waals surface area (Å²) in [5.74, 6) is -0.897. The van der Waals surface area contributed by atoms with Crippen LogP contribution in [0.25, 0.3) is 42.7 Å². The third-order valence-electron chi connectivity index (χ3n) is 6.91. The topological polar surface area (TPSA) is 25.8 Å². The molecule has 6 aromatic rings. The van der Waals surface area contributed by atoms with Gasteiger partial charge in [0.1, 0.15) is 5.82 Å². The Balaban J connectivity index is 0.000000200. The van der Waals surface area contributed by atoms with Crippen molar-refractivity contribution in [3.8, 4) is 22.5 Å². The zero-order chi connectivity index (χ0) is 29.4. The Kier molecular flexibility index (Phi) is 9.25. The van der Waals surface area contributed by atoms with E-state index in [1.165, 1.54) is 28.2 Å². The van der Waals surface area contributed by atoms with E-state index in [0.29, 0.717) is 4.70 Å². The summed E-state index contributed by atoms with van der Waals surface area (Å²) in [4.78, 5) is 9.04. The maximum absolute atomic E-state index is 14.1. The summed E-state index contributed by atoms with van der Waals surface area (Å²) in [6.07, 6.45) is 3.78. The second-order valence-electron chi connectivity index (χ2n) is 11.2. The van der Waals surface area contributed by atoms with Crippen LogP contribution in [0.3, 0.4) is 0 Å². The molecule has 6 heteroatoms. The molecule has 0 saturated heterocycles. The van der Waals surface area contributed by atoms with Crippen LogP contribution in [0.15, 0.2) is 85.2 Å². The minimum Gasteiger partial charge on any atom is -0.305 e. The van der Waals surface area contributed by atoms with Gasteiger partial charge in [-0.25, -0.2) is 4.39 Å². The number of hydrogen-bond acceptors (Lipinski definition) is 3. The molecular formula is C35H33FIrN2SSi-2. The first kappa shape index (κ1) is 29.5. The van der Waals surface area contributed by atoms with Crippen molar-refractivity contribution in [2.45, 2.75) is 46.3 Å². The van der Waals surface area contributed by atoms with Gasteiger partial charge in [-0.2, -0.15) is 11.3 Å². The first-order valence-electron chi connectivity index (χ1n) is 13.9. The van der Waals surface area contributed by atoms with Crippen molar-refractivity contribution in [2.75, 3.05) is 0 Å². The molecule has 0 fully saturated rings. The van der Waals surface area contributed by atoms with E-state index in [1.807, 2.05) is 62.4 Å². The minimum absolute atomic E-state index is 0. The van der Waals surface area contributed by atoms with E-state index in [-0.39, 0.29) is 25.9 Å². The summed E-state index contributed by atoms with van der Waals surface area (Å²) in [7, 11) is -1.27. The predicted molar refractivity (Wildman–Crippen MR) is 172 cm³/mol. The van der Waals surface area contributed by atoms with Crippen LogP contribution in [-0.2, 0) is 20.1 Å². The Morgan fingerprint density at radius 2 is 1.66 bits per heavy atom. The molecule has 1 radical (unpaired) electrons. The molecule has 0 atom stereocenters. The quantitative estimate of drug-likeness (QED) is 0.133. The fourth-order valence-electron chi connectivity index (χ4n) is 4.84. The number of nitrogens with zero attached hydrogens (tertiary/aromatic N) is 2. The van der Waals surface area contributed by atoms with E-state index < -0.39 is 14.0 Å². The van der Waals surface area contributed by atoms with Crippen LogP contribution < -0.4 is 5.19 Å². The molecular weight excluding hydrogens is 720 g/mol. The number of hydrogen-bond donors (Lipinski definition) is 0. The molecule has 41 heavy (non-hydrogen) atoms. The molecule has 0 unspecified atom stereocenters. The largest absolute Gasteiger partial charge is 0.305 e. The van der Waals surface area contributed by atoms with E-state index in [9.17, 15) is 4.39 Å². The Bertz CT molecular complexity index is 1840. The van der Waals surface area contributed by atoms with Gasteiger partial charge in [0.25, 0.3) is 0 Å². The van der Waals surface area contributed by atoms with Gasteiger partial charge in [-0.3, -0.25) is 0 Å². The van der Waals surface area contributed by atoms with Crippen LogP contribution in [0.4, 0.5) is 4.39 Å². The normalized spacial score (nSPS) is 11.9. The average Bonchev–Trinajstić information content (AvgIpc) is 3.33. The van der Waals surface area contributed by atoms with E-state index in [2.05, 4.69) is 67.0 Å². The summed E-state index contributed by atoms with van der Waals surface area (Å²) in [5, 5.41) is 3.37. The second-order valence-corrected chi connectivity index (χ2v) is 17.2. The maximum Gasteiger partial charge on any atom is 0.140 e. The molecule has 3 aromatic carbocycles. The number of pyridine rings is 2. The molecule has 0 amide bonds. The molecule has 0 aliphatic heterocycles. The van der Waals surface area contributed by atoms with E-state index >= 15 is 0 Å². The number of thiophene rings is 1. The van der Waals surface area contributed by atoms with Gasteiger partial charge in [0.05, 0.1) is 12.8 Å². The smallest absolute Gasteiger partial charge is 0.140 e. The summed E-state index contributed by atoms with van der Waals surface area (Å²) >= 11 is 1.43. The number of aryl methyl sites for hydroxylation is 1. The molecule has 0 aliphatic carbocycles. The molecule has 0 N–H and O–H groups in total. The predicted octanol–water partition coefficient (Wildman–Crippen LogP) is 9.58. The molecule has 0 spiro atoms. The summed E-state index contributed by atoms with van der Waals surface area (Å²) in [5.41, 5.74) is 5.96. The minimum atomic E-state index is -1.27. The van der Waals surface area contributed by atoms with Gasteiger partial charge in [0.15, 0.2) is 0 Å². The van der Waals surface area contributed by atoms with Crippen LogP contribution in [0, 0.1) is 24.9 Å².